The first-order valence-electron chi connectivity index (χ1n) is 11.7. The number of hydrogen-bond donors (Lipinski definition) is 3. The number of nitrogens with one attached hydrogen (secondary N) is 2. The summed E-state index contributed by atoms with van der Waals surface area (Å²) in [5.41, 5.74) is 3.78. The summed E-state index contributed by atoms with van der Waals surface area (Å²) >= 11 is 12.3. The second-order valence-electron chi connectivity index (χ2n) is 8.90. The second-order valence-corrected chi connectivity index (χ2v) is 12.0. The lowest BCUT2D eigenvalue weighted by atomic mass is 10.00. The summed E-state index contributed by atoms with van der Waals surface area (Å²) in [5, 5.41) is 5.03. The average Bonchev–Trinajstić information content (AvgIpc) is 2.82. The Labute approximate surface area is 228 Å². The van der Waals surface area contributed by atoms with Crippen LogP contribution >= 0.6 is 23.2 Å². The largest absolute Gasteiger partial charge is 0.416 e. The summed E-state index contributed by atoms with van der Waals surface area (Å²) in [7, 11) is -3.64. The van der Waals surface area contributed by atoms with Crippen molar-refractivity contribution in [1.29, 1.82) is 0 Å². The number of hydrogen-bond acceptors (Lipinski definition) is 5. The molecule has 0 aliphatic carbocycles. The van der Waals surface area contributed by atoms with Crippen LogP contribution in [0.25, 0.3) is 0 Å². The molecule has 208 valence electrons. The maximum Gasteiger partial charge on any atom is 0.416 e. The van der Waals surface area contributed by atoms with E-state index in [9.17, 15) is 31.2 Å². The normalized spacial score (nSPS) is 16.7. The predicted molar refractivity (Wildman–Crippen MR) is 138 cm³/mol. The number of likely N-dealkylation sites (tertiary alicyclic amines) is 1. The number of nitrogens with two attached hydrogens (primary N) is 1. The number of alkyl halides is 3. The molecule has 2 aromatic rings. The van der Waals surface area contributed by atoms with Crippen molar-refractivity contribution < 1.29 is 31.2 Å². The number of carbonyl (C=O) groups excluding carboxylic acids is 2. The number of amides is 3. The van der Waals surface area contributed by atoms with Gasteiger partial charge >= 0.3 is 12.2 Å². The lowest BCUT2D eigenvalue weighted by molar-refractivity contribution is -0.138. The fraction of sp³-hybridized carbons (Fsp3) is 0.417. The Hall–Kier alpha value is -2.54. The highest BCUT2D eigenvalue weighted by molar-refractivity contribution is 7.91. The summed E-state index contributed by atoms with van der Waals surface area (Å²) in [6.45, 7) is 1.83. The van der Waals surface area contributed by atoms with E-state index in [1.54, 1.807) is 4.90 Å². The Morgan fingerprint density at radius 2 is 1.89 bits per heavy atom. The number of piperidine rings is 1. The lowest BCUT2D eigenvalue weighted by Crippen LogP contribution is -2.49. The standard InChI is InChI=1S/C24H27Cl2F3N4O4S/c1-2-38(36,37)21-6-5-16(25)8-15(21)11-31-22(34)14-9-19(24(27,28)29)18(20(26)10-14)13-33-7-3-4-17(12-33)32-23(30)35/h5-6,8-10,17H,2-4,7,11-13H2,1H3,(H,31,34)(H3,30,32,35). The quantitative estimate of drug-likeness (QED) is 0.419. The summed E-state index contributed by atoms with van der Waals surface area (Å²) in [5.74, 6) is -1.05. The molecule has 1 heterocycles. The molecule has 1 atom stereocenters. The molecule has 0 saturated carbocycles. The van der Waals surface area contributed by atoms with Gasteiger partial charge < -0.3 is 16.4 Å². The fourth-order valence-electron chi connectivity index (χ4n) is 4.35. The van der Waals surface area contributed by atoms with Crippen molar-refractivity contribution in [1.82, 2.24) is 15.5 Å². The zero-order valence-corrected chi connectivity index (χ0v) is 22.7. The van der Waals surface area contributed by atoms with Gasteiger partial charge in [0.15, 0.2) is 9.84 Å². The number of halogens is 5. The van der Waals surface area contributed by atoms with Gasteiger partial charge in [-0.05, 0) is 60.8 Å². The van der Waals surface area contributed by atoms with E-state index in [1.807, 2.05) is 0 Å². The first-order valence-corrected chi connectivity index (χ1v) is 14.1. The molecular weight excluding hydrogens is 568 g/mol. The van der Waals surface area contributed by atoms with Gasteiger partial charge in [0.05, 0.1) is 16.2 Å². The first-order chi connectivity index (χ1) is 17.7. The third-order valence-corrected chi connectivity index (χ3v) is 8.57. The van der Waals surface area contributed by atoms with Crippen LogP contribution < -0.4 is 16.4 Å². The molecular formula is C24H27Cl2F3N4O4S. The smallest absolute Gasteiger partial charge is 0.352 e. The molecule has 14 heteroatoms. The number of primary amides is 1. The van der Waals surface area contributed by atoms with Gasteiger partial charge in [-0.2, -0.15) is 13.2 Å². The van der Waals surface area contributed by atoms with Crippen molar-refractivity contribution >= 4 is 45.0 Å². The van der Waals surface area contributed by atoms with Crippen molar-refractivity contribution in [3.05, 3.63) is 62.6 Å². The maximum atomic E-state index is 14.0. The highest BCUT2D eigenvalue weighted by Crippen LogP contribution is 2.37. The van der Waals surface area contributed by atoms with E-state index in [2.05, 4.69) is 10.6 Å². The van der Waals surface area contributed by atoms with E-state index in [0.29, 0.717) is 25.9 Å². The minimum absolute atomic E-state index is 0.0280. The lowest BCUT2D eigenvalue weighted by Gasteiger charge is -2.33. The number of carbonyl (C=O) groups is 2. The summed E-state index contributed by atoms with van der Waals surface area (Å²) in [4.78, 5) is 25.7. The fourth-order valence-corrected chi connectivity index (χ4v) is 5.94. The van der Waals surface area contributed by atoms with Crippen LogP contribution in [0.1, 0.15) is 46.8 Å². The van der Waals surface area contributed by atoms with Crippen LogP contribution in [-0.2, 0) is 29.1 Å². The molecule has 4 N–H and O–H groups in total. The number of nitrogens with zero attached hydrogens (tertiary/aromatic N) is 1. The topological polar surface area (TPSA) is 122 Å². The molecule has 2 aromatic carbocycles. The van der Waals surface area contributed by atoms with E-state index in [1.165, 1.54) is 25.1 Å². The Morgan fingerprint density at radius 3 is 2.53 bits per heavy atom. The van der Waals surface area contributed by atoms with Crippen molar-refractivity contribution in [3.63, 3.8) is 0 Å². The SMILES string of the molecule is CCS(=O)(=O)c1ccc(Cl)cc1CNC(=O)c1cc(Cl)c(CN2CCCC(NC(N)=O)C2)c(C(F)(F)F)c1. The van der Waals surface area contributed by atoms with Gasteiger partial charge in [-0.3, -0.25) is 9.69 Å². The molecule has 38 heavy (non-hydrogen) atoms. The van der Waals surface area contributed by atoms with Gasteiger partial charge in [0.25, 0.3) is 5.91 Å². The number of urea groups is 1. The van der Waals surface area contributed by atoms with Gasteiger partial charge in [0.1, 0.15) is 0 Å². The van der Waals surface area contributed by atoms with Crippen LogP contribution in [0, 0.1) is 0 Å². The first kappa shape index (κ1) is 30.0. The number of sulfone groups is 1. The van der Waals surface area contributed by atoms with Gasteiger partial charge in [-0.25, -0.2) is 13.2 Å². The molecule has 0 spiro atoms. The summed E-state index contributed by atoms with van der Waals surface area (Å²) in [6, 6.07) is 4.96. The predicted octanol–water partition coefficient (Wildman–Crippen LogP) is 4.37. The zero-order valence-electron chi connectivity index (χ0n) is 20.4. The van der Waals surface area contributed by atoms with Crippen LogP contribution in [0.2, 0.25) is 10.0 Å². The minimum atomic E-state index is -4.80. The summed E-state index contributed by atoms with van der Waals surface area (Å²) in [6.07, 6.45) is -3.51. The van der Waals surface area contributed by atoms with E-state index in [0.717, 1.165) is 12.1 Å². The molecule has 0 radical (unpaired) electrons. The average molecular weight is 595 g/mol. The van der Waals surface area contributed by atoms with Gasteiger partial charge in [-0.1, -0.05) is 30.1 Å². The molecule has 8 nitrogen and oxygen atoms in total. The molecule has 0 bridgehead atoms. The van der Waals surface area contributed by atoms with Crippen molar-refractivity contribution in [3.8, 4) is 0 Å². The van der Waals surface area contributed by atoms with Gasteiger partial charge in [0.2, 0.25) is 0 Å². The molecule has 0 aromatic heterocycles. The van der Waals surface area contributed by atoms with E-state index in [4.69, 9.17) is 28.9 Å². The van der Waals surface area contributed by atoms with Crippen molar-refractivity contribution in [2.24, 2.45) is 5.73 Å². The van der Waals surface area contributed by atoms with E-state index < -0.39 is 33.5 Å². The zero-order chi connectivity index (χ0) is 28.3. The highest BCUT2D eigenvalue weighted by atomic mass is 35.5. The minimum Gasteiger partial charge on any atom is -0.352 e. The summed E-state index contributed by atoms with van der Waals surface area (Å²) < 4.78 is 66.9. The van der Waals surface area contributed by atoms with Crippen LogP contribution in [0.5, 0.6) is 0 Å². The van der Waals surface area contributed by atoms with Crippen LogP contribution in [-0.4, -0.2) is 50.1 Å². The third kappa shape index (κ3) is 7.52. The Balaban J connectivity index is 1.85. The Kier molecular flexibility index (Phi) is 9.56. The maximum absolute atomic E-state index is 14.0. The highest BCUT2D eigenvalue weighted by Gasteiger charge is 2.36. The van der Waals surface area contributed by atoms with E-state index >= 15 is 0 Å². The number of benzene rings is 2. The monoisotopic (exact) mass is 594 g/mol. The Morgan fingerprint density at radius 1 is 1.18 bits per heavy atom. The van der Waals surface area contributed by atoms with E-state index in [-0.39, 0.29) is 56.5 Å². The van der Waals surface area contributed by atoms with Crippen LogP contribution in [0.3, 0.4) is 0 Å². The van der Waals surface area contributed by atoms with Gasteiger partial charge in [-0.15, -0.1) is 0 Å². The van der Waals surface area contributed by atoms with Crippen molar-refractivity contribution in [2.45, 2.75) is 50.0 Å². The van der Waals surface area contributed by atoms with Crippen LogP contribution in [0.4, 0.5) is 18.0 Å². The second kappa shape index (κ2) is 12.1. The molecule has 1 aliphatic rings. The van der Waals surface area contributed by atoms with Crippen molar-refractivity contribution in [2.75, 3.05) is 18.8 Å². The Bertz CT molecular complexity index is 1320. The molecule has 1 saturated heterocycles. The number of rotatable bonds is 8. The third-order valence-electron chi connectivity index (χ3n) is 6.17. The molecule has 1 fully saturated rings. The molecule has 1 aliphatic heterocycles. The molecule has 1 unspecified atom stereocenters. The van der Waals surface area contributed by atoms with Crippen LogP contribution in [0.15, 0.2) is 35.2 Å². The van der Waals surface area contributed by atoms with Gasteiger partial charge in [0, 0.05) is 41.3 Å². The molecule has 3 rings (SSSR count). The molecule has 3 amide bonds.